The number of hydrogen-bond acceptors (Lipinski definition) is 0. The van der Waals surface area contributed by atoms with E-state index < -0.39 is 0 Å². The summed E-state index contributed by atoms with van der Waals surface area (Å²) in [4.78, 5) is 0. The molecule has 0 unspecified atom stereocenters. The molecule has 0 amide bonds. The van der Waals surface area contributed by atoms with Crippen molar-refractivity contribution in [1.29, 1.82) is 0 Å². The van der Waals surface area contributed by atoms with Gasteiger partial charge in [0.2, 0.25) is 0 Å². The van der Waals surface area contributed by atoms with Gasteiger partial charge in [-0.1, -0.05) is 48.6 Å². The van der Waals surface area contributed by atoms with Crippen LogP contribution in [0.2, 0.25) is 0 Å². The summed E-state index contributed by atoms with van der Waals surface area (Å²) in [5, 5.41) is 0. The van der Waals surface area contributed by atoms with Crippen LogP contribution in [0.3, 0.4) is 0 Å². The highest BCUT2D eigenvalue weighted by Crippen LogP contribution is 2.04. The topological polar surface area (TPSA) is 0 Å². The Morgan fingerprint density at radius 3 is 2.00 bits per heavy atom. The molecule has 0 atom stereocenters. The van der Waals surface area contributed by atoms with Crippen molar-refractivity contribution in [3.8, 4) is 0 Å². The molecule has 0 heteroatoms. The van der Waals surface area contributed by atoms with Crippen LogP contribution in [-0.2, 0) is 0 Å². The second-order valence-corrected chi connectivity index (χ2v) is 3.40. The first-order valence-corrected chi connectivity index (χ1v) is 5.45. The lowest BCUT2D eigenvalue weighted by molar-refractivity contribution is 0.811. The highest BCUT2D eigenvalue weighted by Gasteiger charge is 1.85. The van der Waals surface area contributed by atoms with Gasteiger partial charge in [-0.3, -0.25) is 0 Å². The summed E-state index contributed by atoms with van der Waals surface area (Å²) >= 11 is 0. The van der Waals surface area contributed by atoms with E-state index in [9.17, 15) is 0 Å². The highest BCUT2D eigenvalue weighted by molar-refractivity contribution is 5.09. The van der Waals surface area contributed by atoms with Crippen molar-refractivity contribution in [3.05, 3.63) is 55.0 Å². The molecule has 0 aromatic rings. The smallest absolute Gasteiger partial charge is 0.0163 e. The zero-order valence-electron chi connectivity index (χ0n) is 8.73. The van der Waals surface area contributed by atoms with Gasteiger partial charge in [0.15, 0.2) is 0 Å². The van der Waals surface area contributed by atoms with Crippen LogP contribution in [0.25, 0.3) is 0 Å². The molecule has 14 heavy (non-hydrogen) atoms. The van der Waals surface area contributed by atoms with E-state index in [1.807, 2.05) is 0 Å². The molecule has 1 rings (SSSR count). The van der Waals surface area contributed by atoms with E-state index in [-0.39, 0.29) is 0 Å². The molecule has 75 valence electrons. The molecule has 0 saturated heterocycles. The molecular formula is C14H19. The van der Waals surface area contributed by atoms with Crippen molar-refractivity contribution in [1.82, 2.24) is 0 Å². The molecule has 1 aliphatic rings. The largest absolute Gasteiger partial charge is 0.0845 e. The lowest BCUT2D eigenvalue weighted by Gasteiger charge is -1.94. The summed E-state index contributed by atoms with van der Waals surface area (Å²) in [5.41, 5.74) is 0. The van der Waals surface area contributed by atoms with Crippen molar-refractivity contribution >= 4 is 0 Å². The average molecular weight is 187 g/mol. The fourth-order valence-corrected chi connectivity index (χ4v) is 1.32. The number of hydrogen-bond donors (Lipinski definition) is 0. The monoisotopic (exact) mass is 187 g/mol. The van der Waals surface area contributed by atoms with E-state index in [1.54, 1.807) is 0 Å². The Balaban J connectivity index is 2.35. The molecule has 0 saturated carbocycles. The van der Waals surface area contributed by atoms with Gasteiger partial charge in [-0.2, -0.15) is 0 Å². The lowest BCUT2D eigenvalue weighted by atomic mass is 10.1. The SMILES string of the molecule is [CH]1CC=CC=CCC=CC=CCCC1. The molecule has 0 heterocycles. The Morgan fingerprint density at radius 1 is 0.571 bits per heavy atom. The first kappa shape index (κ1) is 11.0. The molecular weight excluding hydrogens is 168 g/mol. The summed E-state index contributed by atoms with van der Waals surface area (Å²) in [5.74, 6) is 0. The van der Waals surface area contributed by atoms with Gasteiger partial charge in [-0.05, 0) is 38.5 Å². The zero-order valence-corrected chi connectivity index (χ0v) is 8.73. The van der Waals surface area contributed by atoms with Gasteiger partial charge in [-0.15, -0.1) is 0 Å². The average Bonchev–Trinajstić information content (AvgIpc) is 2.22. The van der Waals surface area contributed by atoms with E-state index in [1.165, 1.54) is 19.3 Å². The fraction of sp³-hybridized carbons (Fsp3) is 0.357. The van der Waals surface area contributed by atoms with E-state index in [4.69, 9.17) is 0 Å². The normalized spacial score (nSPS) is 19.4. The molecule has 0 spiro atoms. The van der Waals surface area contributed by atoms with Crippen LogP contribution >= 0.6 is 0 Å². The molecule has 0 bridgehead atoms. The van der Waals surface area contributed by atoms with Gasteiger partial charge in [0.1, 0.15) is 0 Å². The fourth-order valence-electron chi connectivity index (χ4n) is 1.32. The van der Waals surface area contributed by atoms with Gasteiger partial charge < -0.3 is 0 Å². The lowest BCUT2D eigenvalue weighted by Crippen LogP contribution is -1.76. The van der Waals surface area contributed by atoms with Gasteiger partial charge in [0, 0.05) is 0 Å². The van der Waals surface area contributed by atoms with Crippen molar-refractivity contribution in [2.75, 3.05) is 0 Å². The minimum Gasteiger partial charge on any atom is -0.0845 e. The molecule has 0 fully saturated rings. The molecule has 1 radical (unpaired) electrons. The maximum absolute atomic E-state index is 2.35. The quantitative estimate of drug-likeness (QED) is 0.528. The van der Waals surface area contributed by atoms with Crippen LogP contribution in [-0.4, -0.2) is 0 Å². The van der Waals surface area contributed by atoms with Gasteiger partial charge in [0.05, 0.1) is 0 Å². The zero-order chi connectivity index (χ0) is 9.90. The summed E-state index contributed by atoms with van der Waals surface area (Å²) in [6, 6.07) is 0. The van der Waals surface area contributed by atoms with Gasteiger partial charge in [-0.25, -0.2) is 0 Å². The maximum Gasteiger partial charge on any atom is -0.0163 e. The summed E-state index contributed by atoms with van der Waals surface area (Å²) in [6.07, 6.45) is 25.5. The first-order chi connectivity index (χ1) is 7.00. The van der Waals surface area contributed by atoms with Gasteiger partial charge in [0.25, 0.3) is 0 Å². The molecule has 0 nitrogen and oxygen atoms in total. The molecule has 0 aliphatic heterocycles. The summed E-state index contributed by atoms with van der Waals surface area (Å²) in [7, 11) is 0. The third-order valence-corrected chi connectivity index (χ3v) is 2.12. The van der Waals surface area contributed by atoms with E-state index in [2.05, 4.69) is 55.0 Å². The Morgan fingerprint density at radius 2 is 1.21 bits per heavy atom. The molecule has 0 aromatic heterocycles. The van der Waals surface area contributed by atoms with E-state index >= 15 is 0 Å². The highest BCUT2D eigenvalue weighted by atomic mass is 13.9. The third kappa shape index (κ3) is 6.47. The van der Waals surface area contributed by atoms with Crippen molar-refractivity contribution in [2.45, 2.75) is 32.1 Å². The van der Waals surface area contributed by atoms with Crippen molar-refractivity contribution in [3.63, 3.8) is 0 Å². The second kappa shape index (κ2) is 8.55. The molecule has 0 aromatic carbocycles. The predicted molar refractivity (Wildman–Crippen MR) is 63.9 cm³/mol. The van der Waals surface area contributed by atoms with Crippen LogP contribution in [0, 0.1) is 6.42 Å². The van der Waals surface area contributed by atoms with E-state index in [0.29, 0.717) is 0 Å². The second-order valence-electron chi connectivity index (χ2n) is 3.40. The third-order valence-electron chi connectivity index (χ3n) is 2.12. The summed E-state index contributed by atoms with van der Waals surface area (Å²) in [6.45, 7) is 0. The predicted octanol–water partition coefficient (Wildman–Crippen LogP) is 4.38. The van der Waals surface area contributed by atoms with Crippen LogP contribution in [0.15, 0.2) is 48.6 Å². The molecule has 1 aliphatic carbocycles. The van der Waals surface area contributed by atoms with Crippen LogP contribution < -0.4 is 0 Å². The standard InChI is InChI=1S/C14H19/c1-2-4-6-8-10-12-14-13-11-9-7-5-3-1/h1-4,7-9,11,13H,5-6,10,12,14H2. The first-order valence-electron chi connectivity index (χ1n) is 5.45. The van der Waals surface area contributed by atoms with Crippen LogP contribution in [0.5, 0.6) is 0 Å². The number of rotatable bonds is 0. The van der Waals surface area contributed by atoms with Crippen molar-refractivity contribution < 1.29 is 0 Å². The Labute approximate surface area is 87.7 Å². The Hall–Kier alpha value is -1.04. The Kier molecular flexibility index (Phi) is 6.74. The van der Waals surface area contributed by atoms with Crippen LogP contribution in [0.4, 0.5) is 0 Å². The summed E-state index contributed by atoms with van der Waals surface area (Å²) < 4.78 is 0. The van der Waals surface area contributed by atoms with Gasteiger partial charge >= 0.3 is 0 Å². The Bertz CT molecular complexity index is 204. The number of allylic oxidation sites excluding steroid dienone is 8. The van der Waals surface area contributed by atoms with Crippen molar-refractivity contribution in [2.24, 2.45) is 0 Å². The minimum atomic E-state index is 1.03. The molecule has 0 N–H and O–H groups in total. The maximum atomic E-state index is 2.35. The minimum absolute atomic E-state index is 1.03. The van der Waals surface area contributed by atoms with E-state index in [0.717, 1.165) is 12.8 Å². The van der Waals surface area contributed by atoms with Crippen LogP contribution in [0.1, 0.15) is 32.1 Å².